The van der Waals surface area contributed by atoms with E-state index in [0.29, 0.717) is 34.7 Å². The highest BCUT2D eigenvalue weighted by Crippen LogP contribution is 2.17. The number of aromatic amines is 1. The van der Waals surface area contributed by atoms with Gasteiger partial charge in [0.25, 0.3) is 5.91 Å². The minimum Gasteiger partial charge on any atom is -0.494 e. The Morgan fingerprint density at radius 3 is 2.52 bits per heavy atom. The van der Waals surface area contributed by atoms with Gasteiger partial charge in [-0.1, -0.05) is 13.8 Å². The van der Waals surface area contributed by atoms with Crippen LogP contribution in [0.5, 0.6) is 5.75 Å². The molecule has 8 nitrogen and oxygen atoms in total. The summed E-state index contributed by atoms with van der Waals surface area (Å²) in [6.07, 6.45) is 0. The Bertz CT molecular complexity index is 1070. The fourth-order valence-electron chi connectivity index (χ4n) is 2.88. The third-order valence-corrected chi connectivity index (χ3v) is 4.35. The van der Waals surface area contributed by atoms with Crippen LogP contribution in [-0.2, 0) is 4.79 Å². The quantitative estimate of drug-likeness (QED) is 0.567. The van der Waals surface area contributed by atoms with Gasteiger partial charge in [-0.05, 0) is 55.3 Å². The molecule has 0 bridgehead atoms. The van der Waals surface area contributed by atoms with Gasteiger partial charge in [0.15, 0.2) is 5.58 Å². The number of amides is 2. The molecule has 3 N–H and O–H groups in total. The number of hydrogen-bond donors (Lipinski definition) is 3. The molecule has 152 valence electrons. The van der Waals surface area contributed by atoms with Crippen molar-refractivity contribution in [2.45, 2.75) is 26.8 Å². The first-order valence-electron chi connectivity index (χ1n) is 9.35. The normalized spacial score (nSPS) is 12.0. The Morgan fingerprint density at radius 1 is 1.14 bits per heavy atom. The van der Waals surface area contributed by atoms with E-state index in [1.807, 2.05) is 20.8 Å². The van der Waals surface area contributed by atoms with E-state index in [2.05, 4.69) is 15.6 Å². The third-order valence-electron chi connectivity index (χ3n) is 4.35. The standard InChI is InChI=1S/C21H23N3O5/c1-4-28-15-8-5-13(6-9-15)19(25)24-18(12(2)3)20(26)22-14-7-10-17-16(11-14)23-21(27)29-17/h5-12,18H,4H2,1-3H3,(H,22,26)(H,23,27)(H,24,25). The zero-order valence-electron chi connectivity index (χ0n) is 16.4. The van der Waals surface area contributed by atoms with E-state index in [1.165, 1.54) is 0 Å². The molecule has 1 aromatic heterocycles. The van der Waals surface area contributed by atoms with Gasteiger partial charge in [-0.25, -0.2) is 4.79 Å². The lowest BCUT2D eigenvalue weighted by Gasteiger charge is -2.22. The largest absolute Gasteiger partial charge is 0.494 e. The van der Waals surface area contributed by atoms with Crippen molar-refractivity contribution in [1.82, 2.24) is 10.3 Å². The minimum absolute atomic E-state index is 0.140. The zero-order chi connectivity index (χ0) is 21.0. The minimum atomic E-state index is -0.742. The number of hydrogen-bond acceptors (Lipinski definition) is 5. The summed E-state index contributed by atoms with van der Waals surface area (Å²) >= 11 is 0. The molecule has 2 aromatic carbocycles. The number of benzene rings is 2. The molecule has 0 spiro atoms. The van der Waals surface area contributed by atoms with E-state index in [0.717, 1.165) is 0 Å². The van der Waals surface area contributed by atoms with Crippen LogP contribution in [0.1, 0.15) is 31.1 Å². The molecule has 0 aliphatic heterocycles. The first-order chi connectivity index (χ1) is 13.9. The Balaban J connectivity index is 1.71. The van der Waals surface area contributed by atoms with Crippen LogP contribution in [-0.4, -0.2) is 29.4 Å². The number of ether oxygens (including phenoxy) is 1. The van der Waals surface area contributed by atoms with Gasteiger partial charge in [-0.15, -0.1) is 0 Å². The summed E-state index contributed by atoms with van der Waals surface area (Å²) in [5.41, 5.74) is 1.80. The smallest absolute Gasteiger partial charge is 0.417 e. The first kappa shape index (κ1) is 20.2. The second-order valence-electron chi connectivity index (χ2n) is 6.87. The van der Waals surface area contributed by atoms with E-state index in [-0.39, 0.29) is 17.7 Å². The second kappa shape index (κ2) is 8.64. The Labute approximate surface area is 167 Å². The molecular formula is C21H23N3O5. The maximum absolute atomic E-state index is 12.8. The maximum atomic E-state index is 12.8. The van der Waals surface area contributed by atoms with Gasteiger partial charge in [0.2, 0.25) is 5.91 Å². The van der Waals surface area contributed by atoms with Gasteiger partial charge in [-0.2, -0.15) is 0 Å². The molecule has 0 saturated carbocycles. The fraction of sp³-hybridized carbons (Fsp3) is 0.286. The van der Waals surface area contributed by atoms with E-state index in [9.17, 15) is 14.4 Å². The predicted molar refractivity (Wildman–Crippen MR) is 109 cm³/mol. The number of oxazole rings is 1. The van der Waals surface area contributed by atoms with Crippen molar-refractivity contribution in [2.75, 3.05) is 11.9 Å². The number of aromatic nitrogens is 1. The van der Waals surface area contributed by atoms with Gasteiger partial charge in [0, 0.05) is 11.3 Å². The van der Waals surface area contributed by atoms with E-state index >= 15 is 0 Å². The number of H-pyrrole nitrogens is 1. The summed E-state index contributed by atoms with van der Waals surface area (Å²) in [6, 6.07) is 10.8. The highest BCUT2D eigenvalue weighted by molar-refractivity contribution is 6.01. The lowest BCUT2D eigenvalue weighted by Crippen LogP contribution is -2.47. The molecule has 0 aliphatic rings. The van der Waals surface area contributed by atoms with E-state index in [4.69, 9.17) is 9.15 Å². The molecule has 0 saturated heterocycles. The summed E-state index contributed by atoms with van der Waals surface area (Å²) < 4.78 is 10.3. The monoisotopic (exact) mass is 397 g/mol. The van der Waals surface area contributed by atoms with Crippen LogP contribution >= 0.6 is 0 Å². The predicted octanol–water partition coefficient (Wildman–Crippen LogP) is 2.91. The van der Waals surface area contributed by atoms with Gasteiger partial charge < -0.3 is 19.8 Å². The lowest BCUT2D eigenvalue weighted by molar-refractivity contribution is -0.118. The van der Waals surface area contributed by atoms with Crippen LogP contribution in [0, 0.1) is 5.92 Å². The van der Waals surface area contributed by atoms with Crippen molar-refractivity contribution in [3.63, 3.8) is 0 Å². The van der Waals surface area contributed by atoms with Crippen LogP contribution in [0.4, 0.5) is 5.69 Å². The number of anilines is 1. The van der Waals surface area contributed by atoms with Gasteiger partial charge in [0.05, 0.1) is 12.1 Å². The third kappa shape index (κ3) is 4.84. The van der Waals surface area contributed by atoms with Crippen LogP contribution < -0.4 is 21.1 Å². The molecule has 0 aliphatic carbocycles. The molecular weight excluding hydrogens is 374 g/mol. The number of carbonyl (C=O) groups is 2. The van der Waals surface area contributed by atoms with Crippen molar-refractivity contribution < 1.29 is 18.7 Å². The summed E-state index contributed by atoms with van der Waals surface area (Å²) in [7, 11) is 0. The molecule has 29 heavy (non-hydrogen) atoms. The summed E-state index contributed by atoms with van der Waals surface area (Å²) in [4.78, 5) is 39.1. The lowest BCUT2D eigenvalue weighted by atomic mass is 10.0. The van der Waals surface area contributed by atoms with Crippen molar-refractivity contribution >= 4 is 28.6 Å². The molecule has 1 unspecified atom stereocenters. The molecule has 1 heterocycles. The van der Waals surface area contributed by atoms with Crippen LogP contribution in [0.15, 0.2) is 51.7 Å². The highest BCUT2D eigenvalue weighted by atomic mass is 16.5. The number of carbonyl (C=O) groups excluding carboxylic acids is 2. The average molecular weight is 397 g/mol. The zero-order valence-corrected chi connectivity index (χ0v) is 16.4. The van der Waals surface area contributed by atoms with Crippen molar-refractivity contribution in [3.05, 3.63) is 58.6 Å². The Hall–Kier alpha value is -3.55. The molecule has 3 rings (SSSR count). The summed E-state index contributed by atoms with van der Waals surface area (Å²) in [5.74, 6) is -0.735. The van der Waals surface area contributed by atoms with Gasteiger partial charge in [-0.3, -0.25) is 14.6 Å². The number of nitrogens with one attached hydrogen (secondary N) is 3. The van der Waals surface area contributed by atoms with E-state index < -0.39 is 11.8 Å². The molecule has 2 amide bonds. The fourth-order valence-corrected chi connectivity index (χ4v) is 2.88. The maximum Gasteiger partial charge on any atom is 0.417 e. The van der Waals surface area contributed by atoms with Gasteiger partial charge in [0.1, 0.15) is 11.8 Å². The molecule has 0 radical (unpaired) electrons. The SMILES string of the molecule is CCOc1ccc(C(=O)NC(C(=O)Nc2ccc3oc(=O)[nH]c3c2)C(C)C)cc1. The topological polar surface area (TPSA) is 113 Å². The molecule has 1 atom stereocenters. The molecule has 0 fully saturated rings. The first-order valence-corrected chi connectivity index (χ1v) is 9.35. The van der Waals surface area contributed by atoms with Crippen molar-refractivity contribution in [2.24, 2.45) is 5.92 Å². The second-order valence-corrected chi connectivity index (χ2v) is 6.87. The number of rotatable bonds is 7. The Kier molecular flexibility index (Phi) is 6.01. The van der Waals surface area contributed by atoms with Crippen LogP contribution in [0.25, 0.3) is 11.1 Å². The van der Waals surface area contributed by atoms with Crippen molar-refractivity contribution in [1.29, 1.82) is 0 Å². The molecule has 8 heteroatoms. The summed E-state index contributed by atoms with van der Waals surface area (Å²) in [5, 5.41) is 5.55. The number of fused-ring (bicyclic) bond motifs is 1. The van der Waals surface area contributed by atoms with Gasteiger partial charge >= 0.3 is 5.76 Å². The molecule has 3 aromatic rings. The van der Waals surface area contributed by atoms with Crippen molar-refractivity contribution in [3.8, 4) is 5.75 Å². The Morgan fingerprint density at radius 2 is 1.86 bits per heavy atom. The average Bonchev–Trinajstić information content (AvgIpc) is 3.05. The van der Waals surface area contributed by atoms with Crippen LogP contribution in [0.2, 0.25) is 0 Å². The highest BCUT2D eigenvalue weighted by Gasteiger charge is 2.25. The summed E-state index contributed by atoms with van der Waals surface area (Å²) in [6.45, 7) is 6.12. The van der Waals surface area contributed by atoms with Crippen LogP contribution in [0.3, 0.4) is 0 Å². The van der Waals surface area contributed by atoms with E-state index in [1.54, 1.807) is 42.5 Å².